The Balaban J connectivity index is 2.02. The molecule has 0 fully saturated rings. The van der Waals surface area contributed by atoms with Crippen LogP contribution in [0.15, 0.2) is 48.5 Å². The number of rotatable bonds is 6. The molecule has 0 radical (unpaired) electrons. The number of halogens is 1. The molecule has 2 rings (SSSR count). The van der Waals surface area contributed by atoms with Gasteiger partial charge in [-0.15, -0.1) is 0 Å². The van der Waals surface area contributed by atoms with Crippen LogP contribution < -0.4 is 5.32 Å². The molecule has 0 aliphatic heterocycles. The summed E-state index contributed by atoms with van der Waals surface area (Å²) in [6.07, 6.45) is 0.829. The zero-order chi connectivity index (χ0) is 14.4. The molecule has 0 spiro atoms. The summed E-state index contributed by atoms with van der Waals surface area (Å²) in [5, 5.41) is 12.4. The van der Waals surface area contributed by atoms with Crippen LogP contribution in [0.25, 0.3) is 0 Å². The first-order valence-corrected chi connectivity index (χ1v) is 6.91. The summed E-state index contributed by atoms with van der Waals surface area (Å²) < 4.78 is 13.8. The van der Waals surface area contributed by atoms with Crippen LogP contribution in [0.3, 0.4) is 0 Å². The van der Waals surface area contributed by atoms with Gasteiger partial charge in [-0.25, -0.2) is 4.39 Å². The fraction of sp³-hybridized carbons (Fsp3) is 0.294. The molecule has 0 aromatic heterocycles. The first-order valence-electron chi connectivity index (χ1n) is 6.91. The third-order valence-corrected chi connectivity index (χ3v) is 3.45. The first-order chi connectivity index (χ1) is 9.74. The SMILES string of the molecule is CCC(NCc1ccc(CO)cc1)c1ccccc1F. The van der Waals surface area contributed by atoms with E-state index in [1.165, 1.54) is 6.07 Å². The van der Waals surface area contributed by atoms with Gasteiger partial charge in [-0.1, -0.05) is 49.4 Å². The lowest BCUT2D eigenvalue weighted by Crippen LogP contribution is -2.21. The maximum absolute atomic E-state index is 13.8. The van der Waals surface area contributed by atoms with E-state index in [9.17, 15) is 4.39 Å². The van der Waals surface area contributed by atoms with Crippen molar-refractivity contribution in [1.82, 2.24) is 5.32 Å². The largest absolute Gasteiger partial charge is 0.392 e. The molecular weight excluding hydrogens is 253 g/mol. The number of benzene rings is 2. The highest BCUT2D eigenvalue weighted by molar-refractivity contribution is 5.24. The maximum Gasteiger partial charge on any atom is 0.127 e. The maximum atomic E-state index is 13.8. The van der Waals surface area contributed by atoms with Crippen molar-refractivity contribution < 1.29 is 9.50 Å². The zero-order valence-electron chi connectivity index (χ0n) is 11.6. The topological polar surface area (TPSA) is 32.3 Å². The van der Waals surface area contributed by atoms with Crippen LogP contribution >= 0.6 is 0 Å². The second-order valence-corrected chi connectivity index (χ2v) is 4.84. The van der Waals surface area contributed by atoms with Crippen molar-refractivity contribution in [3.05, 3.63) is 71.0 Å². The molecule has 106 valence electrons. The van der Waals surface area contributed by atoms with Gasteiger partial charge in [-0.05, 0) is 23.6 Å². The molecule has 0 saturated carbocycles. The van der Waals surface area contributed by atoms with E-state index < -0.39 is 0 Å². The van der Waals surface area contributed by atoms with Crippen LogP contribution in [0, 0.1) is 5.82 Å². The summed E-state index contributed by atoms with van der Waals surface area (Å²) in [7, 11) is 0. The minimum atomic E-state index is -0.164. The third kappa shape index (κ3) is 3.65. The number of hydrogen-bond acceptors (Lipinski definition) is 2. The van der Waals surface area contributed by atoms with Gasteiger partial charge in [0.2, 0.25) is 0 Å². The van der Waals surface area contributed by atoms with E-state index in [-0.39, 0.29) is 18.5 Å². The predicted octanol–water partition coefficient (Wildman–Crippen LogP) is 3.56. The molecule has 0 saturated heterocycles. The van der Waals surface area contributed by atoms with Crippen LogP contribution in [0.1, 0.15) is 36.1 Å². The molecule has 2 aromatic rings. The Kier molecular flexibility index (Phi) is 5.27. The number of aliphatic hydroxyl groups is 1. The Morgan fingerprint density at radius 3 is 2.30 bits per heavy atom. The quantitative estimate of drug-likeness (QED) is 0.843. The summed E-state index contributed by atoms with van der Waals surface area (Å²) in [4.78, 5) is 0. The van der Waals surface area contributed by atoms with Crippen LogP contribution in [-0.2, 0) is 13.2 Å². The van der Waals surface area contributed by atoms with Crippen LogP contribution in [-0.4, -0.2) is 5.11 Å². The highest BCUT2D eigenvalue weighted by Crippen LogP contribution is 2.20. The molecule has 0 amide bonds. The second kappa shape index (κ2) is 7.17. The molecule has 2 aromatic carbocycles. The van der Waals surface area contributed by atoms with Crippen molar-refractivity contribution >= 4 is 0 Å². The van der Waals surface area contributed by atoms with Gasteiger partial charge in [0.25, 0.3) is 0 Å². The average Bonchev–Trinajstić information content (AvgIpc) is 2.50. The Morgan fingerprint density at radius 2 is 1.70 bits per heavy atom. The summed E-state index contributed by atoms with van der Waals surface area (Å²) in [6.45, 7) is 2.78. The highest BCUT2D eigenvalue weighted by Gasteiger charge is 2.12. The summed E-state index contributed by atoms with van der Waals surface area (Å²) >= 11 is 0. The predicted molar refractivity (Wildman–Crippen MR) is 78.6 cm³/mol. The van der Waals surface area contributed by atoms with Crippen molar-refractivity contribution in [1.29, 1.82) is 0 Å². The summed E-state index contributed by atoms with van der Waals surface area (Å²) in [5.41, 5.74) is 2.73. The van der Waals surface area contributed by atoms with Crippen LogP contribution in [0.2, 0.25) is 0 Å². The van der Waals surface area contributed by atoms with Gasteiger partial charge in [0.05, 0.1) is 6.61 Å². The molecule has 2 nitrogen and oxygen atoms in total. The highest BCUT2D eigenvalue weighted by atomic mass is 19.1. The smallest absolute Gasteiger partial charge is 0.127 e. The van der Waals surface area contributed by atoms with Gasteiger partial charge < -0.3 is 10.4 Å². The van der Waals surface area contributed by atoms with Crippen molar-refractivity contribution in [2.75, 3.05) is 0 Å². The molecule has 2 N–H and O–H groups in total. The normalized spacial score (nSPS) is 12.3. The fourth-order valence-corrected chi connectivity index (χ4v) is 2.24. The molecule has 1 unspecified atom stereocenters. The van der Waals surface area contributed by atoms with Crippen LogP contribution in [0.4, 0.5) is 4.39 Å². The molecule has 1 atom stereocenters. The van der Waals surface area contributed by atoms with Gasteiger partial charge in [-0.3, -0.25) is 0 Å². The van der Waals surface area contributed by atoms with E-state index in [1.54, 1.807) is 6.07 Å². The van der Waals surface area contributed by atoms with Crippen LogP contribution in [0.5, 0.6) is 0 Å². The molecule has 20 heavy (non-hydrogen) atoms. The van der Waals surface area contributed by atoms with E-state index in [2.05, 4.69) is 5.32 Å². The summed E-state index contributed by atoms with van der Waals surface area (Å²) in [6, 6.07) is 14.7. The number of hydrogen-bond donors (Lipinski definition) is 2. The van der Waals surface area contributed by atoms with Gasteiger partial charge in [0.15, 0.2) is 0 Å². The zero-order valence-corrected chi connectivity index (χ0v) is 11.6. The van der Waals surface area contributed by atoms with E-state index in [4.69, 9.17) is 5.11 Å². The van der Waals surface area contributed by atoms with E-state index in [0.29, 0.717) is 12.1 Å². The van der Waals surface area contributed by atoms with Gasteiger partial charge in [0, 0.05) is 18.2 Å². The summed E-state index contributed by atoms with van der Waals surface area (Å²) in [5.74, 6) is -0.164. The molecular formula is C17H20FNO. The van der Waals surface area contributed by atoms with Crippen molar-refractivity contribution in [3.8, 4) is 0 Å². The van der Waals surface area contributed by atoms with Gasteiger partial charge >= 0.3 is 0 Å². The molecule has 0 aliphatic rings. The van der Waals surface area contributed by atoms with Crippen molar-refractivity contribution in [2.24, 2.45) is 0 Å². The first kappa shape index (κ1) is 14.7. The molecule has 0 bridgehead atoms. The Labute approximate surface area is 119 Å². The lowest BCUT2D eigenvalue weighted by molar-refractivity contribution is 0.282. The lowest BCUT2D eigenvalue weighted by atomic mass is 10.0. The molecule has 0 aliphatic carbocycles. The van der Waals surface area contributed by atoms with Crippen molar-refractivity contribution in [3.63, 3.8) is 0 Å². The van der Waals surface area contributed by atoms with E-state index in [1.807, 2.05) is 43.3 Å². The van der Waals surface area contributed by atoms with E-state index in [0.717, 1.165) is 17.5 Å². The lowest BCUT2D eigenvalue weighted by Gasteiger charge is -2.18. The monoisotopic (exact) mass is 273 g/mol. The Bertz CT molecular complexity index is 539. The standard InChI is InChI=1S/C17H20FNO/c1-2-17(15-5-3-4-6-16(15)18)19-11-13-7-9-14(12-20)10-8-13/h3-10,17,19-20H,2,11-12H2,1H3. The number of nitrogens with one attached hydrogen (secondary N) is 1. The fourth-order valence-electron chi connectivity index (χ4n) is 2.24. The minimum absolute atomic E-state index is 0.00807. The third-order valence-electron chi connectivity index (χ3n) is 3.45. The second-order valence-electron chi connectivity index (χ2n) is 4.84. The van der Waals surface area contributed by atoms with Gasteiger partial charge in [-0.2, -0.15) is 0 Å². The Hall–Kier alpha value is -1.71. The van der Waals surface area contributed by atoms with E-state index >= 15 is 0 Å². The molecule has 3 heteroatoms. The average molecular weight is 273 g/mol. The van der Waals surface area contributed by atoms with Gasteiger partial charge in [0.1, 0.15) is 5.82 Å². The molecule has 0 heterocycles. The minimum Gasteiger partial charge on any atom is -0.392 e. The number of aliphatic hydroxyl groups excluding tert-OH is 1. The Morgan fingerprint density at radius 1 is 1.05 bits per heavy atom. The van der Waals surface area contributed by atoms with Crippen molar-refractivity contribution in [2.45, 2.75) is 32.5 Å².